The smallest absolute Gasteiger partial charge is 0.289 e. The molecule has 3 heterocycles. The van der Waals surface area contributed by atoms with Gasteiger partial charge in [-0.25, -0.2) is 4.98 Å². The molecular formula is C31H35N4O4Si. The number of imidazole rings is 1. The van der Waals surface area contributed by atoms with Crippen LogP contribution in [0, 0.1) is 23.2 Å². The van der Waals surface area contributed by atoms with Crippen LogP contribution in [0.1, 0.15) is 37.3 Å². The summed E-state index contributed by atoms with van der Waals surface area (Å²) in [6.07, 6.45) is 7.27. The number of hydrogen-bond acceptors (Lipinski definition) is 7. The molecule has 1 radical (unpaired) electrons. The van der Waals surface area contributed by atoms with Crippen LogP contribution in [0.15, 0.2) is 60.9 Å². The maximum atomic E-state index is 10.1. The van der Waals surface area contributed by atoms with Crippen LogP contribution >= 0.6 is 0 Å². The largest absolute Gasteiger partial charge is 0.488 e. The van der Waals surface area contributed by atoms with Crippen LogP contribution < -0.4 is 10.2 Å². The molecule has 1 aromatic heterocycles. The van der Waals surface area contributed by atoms with Crippen molar-refractivity contribution in [2.75, 3.05) is 32.8 Å². The highest BCUT2D eigenvalue weighted by atomic mass is 28.3. The van der Waals surface area contributed by atoms with Gasteiger partial charge in [-0.15, -0.1) is 0 Å². The highest BCUT2D eigenvalue weighted by Gasteiger charge is 2.28. The minimum absolute atomic E-state index is 0.114. The molecule has 40 heavy (non-hydrogen) atoms. The topological polar surface area (TPSA) is 92.8 Å². The van der Waals surface area contributed by atoms with Gasteiger partial charge in [0.25, 0.3) is 9.04 Å². The van der Waals surface area contributed by atoms with Gasteiger partial charge in [0.1, 0.15) is 29.6 Å². The van der Waals surface area contributed by atoms with Crippen molar-refractivity contribution >= 4 is 14.5 Å². The summed E-state index contributed by atoms with van der Waals surface area (Å²) in [6.45, 7) is 5.23. The Labute approximate surface area is 237 Å². The summed E-state index contributed by atoms with van der Waals surface area (Å²) in [5, 5.41) is 18.8. The molecular weight excluding hydrogens is 520 g/mol. The van der Waals surface area contributed by atoms with Gasteiger partial charge in [-0.1, -0.05) is 36.1 Å². The molecule has 2 aliphatic rings. The van der Waals surface area contributed by atoms with Crippen molar-refractivity contribution < 1.29 is 19.0 Å². The second-order valence-corrected chi connectivity index (χ2v) is 11.9. The van der Waals surface area contributed by atoms with Crippen LogP contribution in [-0.4, -0.2) is 73.8 Å². The molecule has 0 spiro atoms. The Balaban J connectivity index is 1.17. The van der Waals surface area contributed by atoms with Crippen molar-refractivity contribution in [3.8, 4) is 34.8 Å². The first kappa shape index (κ1) is 28.1. The van der Waals surface area contributed by atoms with Crippen molar-refractivity contribution in [2.45, 2.75) is 50.7 Å². The van der Waals surface area contributed by atoms with Crippen LogP contribution in [-0.2, 0) is 9.16 Å². The number of aliphatic hydroxyl groups is 1. The van der Waals surface area contributed by atoms with E-state index in [0.717, 1.165) is 73.4 Å². The summed E-state index contributed by atoms with van der Waals surface area (Å²) < 4.78 is 19.9. The predicted molar refractivity (Wildman–Crippen MR) is 154 cm³/mol. The van der Waals surface area contributed by atoms with Crippen LogP contribution in [0.5, 0.6) is 5.75 Å². The number of benzene rings is 2. The van der Waals surface area contributed by atoms with E-state index in [1.807, 2.05) is 35.0 Å². The van der Waals surface area contributed by atoms with Crippen molar-refractivity contribution in [1.29, 1.82) is 5.26 Å². The van der Waals surface area contributed by atoms with E-state index < -0.39 is 15.1 Å². The molecule has 5 rings (SSSR count). The minimum atomic E-state index is -1.41. The Morgan fingerprint density at radius 3 is 2.55 bits per heavy atom. The molecule has 2 fully saturated rings. The lowest BCUT2D eigenvalue weighted by Gasteiger charge is -2.38. The summed E-state index contributed by atoms with van der Waals surface area (Å²) >= 11 is 0. The average Bonchev–Trinajstić information content (AvgIpc) is 3.46. The number of nitriles is 1. The lowest BCUT2D eigenvalue weighted by Crippen LogP contribution is -2.53. The van der Waals surface area contributed by atoms with E-state index in [1.54, 1.807) is 6.20 Å². The molecule has 8 nitrogen and oxygen atoms in total. The van der Waals surface area contributed by atoms with Gasteiger partial charge in [-0.05, 0) is 61.2 Å². The van der Waals surface area contributed by atoms with E-state index in [1.165, 1.54) is 0 Å². The van der Waals surface area contributed by atoms with E-state index in [0.29, 0.717) is 6.42 Å². The SMILES string of the molecule is C[Si](OC1CCCCO1)c1nccn1[C@@H](C#Cc1ccc(-c2ccc(OC3CN(CCC#N)C3)cc2)cc1)CO. The predicted octanol–water partition coefficient (Wildman–Crippen LogP) is 3.48. The normalized spacial score (nSPS) is 18.4. The van der Waals surface area contributed by atoms with E-state index in [9.17, 15) is 5.11 Å². The molecule has 0 saturated carbocycles. The first-order chi connectivity index (χ1) is 19.6. The Morgan fingerprint density at radius 1 is 1.12 bits per heavy atom. The fourth-order valence-corrected chi connectivity index (χ4v) is 6.45. The second kappa shape index (κ2) is 13.8. The minimum Gasteiger partial charge on any atom is -0.488 e. The fourth-order valence-electron chi connectivity index (χ4n) is 4.91. The Hall–Kier alpha value is -3.44. The average molecular weight is 556 g/mol. The van der Waals surface area contributed by atoms with Crippen molar-refractivity contribution in [1.82, 2.24) is 14.5 Å². The zero-order valence-corrected chi connectivity index (χ0v) is 23.8. The van der Waals surface area contributed by atoms with E-state index in [-0.39, 0.29) is 19.0 Å². The Morgan fingerprint density at radius 2 is 1.88 bits per heavy atom. The maximum Gasteiger partial charge on any atom is 0.289 e. The second-order valence-electron chi connectivity index (χ2n) is 10.1. The van der Waals surface area contributed by atoms with Crippen LogP contribution in [0.3, 0.4) is 0 Å². The van der Waals surface area contributed by atoms with Crippen LogP contribution in [0.2, 0.25) is 6.55 Å². The van der Waals surface area contributed by atoms with Crippen LogP contribution in [0.25, 0.3) is 11.1 Å². The third kappa shape index (κ3) is 7.19. The third-order valence-electron chi connectivity index (χ3n) is 7.16. The fraction of sp³-hybridized carbons (Fsp3) is 0.419. The lowest BCUT2D eigenvalue weighted by molar-refractivity contribution is -0.107. The zero-order valence-electron chi connectivity index (χ0n) is 22.8. The molecule has 207 valence electrons. The van der Waals surface area contributed by atoms with E-state index >= 15 is 0 Å². The summed E-state index contributed by atoms with van der Waals surface area (Å²) in [5.41, 5.74) is 3.90. The molecule has 1 N–H and O–H groups in total. The molecule has 2 aromatic carbocycles. The molecule has 0 amide bonds. The molecule has 2 atom stereocenters. The molecule has 3 aromatic rings. The van der Waals surface area contributed by atoms with Gasteiger partial charge in [0.05, 0.1) is 12.7 Å². The first-order valence-electron chi connectivity index (χ1n) is 13.9. The van der Waals surface area contributed by atoms with Crippen molar-refractivity contribution in [2.24, 2.45) is 0 Å². The Kier molecular flexibility index (Phi) is 9.66. The number of rotatable bonds is 10. The van der Waals surface area contributed by atoms with Crippen LogP contribution in [0.4, 0.5) is 0 Å². The third-order valence-corrected chi connectivity index (χ3v) is 8.79. The summed E-state index contributed by atoms with van der Waals surface area (Å²) in [4.78, 5) is 6.75. The number of ether oxygens (including phenoxy) is 2. The standard InChI is InChI=1S/C31H35N4O4Si/c1-40(39-30-5-2-3-20-37-30)31-33-17-19-35(31)27(23-36)13-8-24-6-9-25(10-7-24)26-11-14-28(15-12-26)38-29-21-34(22-29)18-4-16-32/h6-7,9-12,14-15,17,19,27,29-30,36H,2-5,18,20-23H2,1H3/t27-,30?/m0/s1. The highest BCUT2D eigenvalue weighted by molar-refractivity contribution is 6.64. The molecule has 0 aliphatic carbocycles. The molecule has 2 aliphatic heterocycles. The lowest BCUT2D eigenvalue weighted by atomic mass is 10.0. The van der Waals surface area contributed by atoms with Gasteiger partial charge in [-0.2, -0.15) is 5.26 Å². The van der Waals surface area contributed by atoms with Gasteiger partial charge in [-0.3, -0.25) is 4.90 Å². The highest BCUT2D eigenvalue weighted by Crippen LogP contribution is 2.25. The zero-order chi connectivity index (χ0) is 27.7. The number of likely N-dealkylation sites (tertiary alicyclic amines) is 1. The number of hydrogen-bond donors (Lipinski definition) is 1. The van der Waals surface area contributed by atoms with E-state index in [2.05, 4.69) is 58.6 Å². The van der Waals surface area contributed by atoms with E-state index in [4.69, 9.17) is 19.2 Å². The number of aliphatic hydroxyl groups excluding tert-OH is 1. The first-order valence-corrected chi connectivity index (χ1v) is 15.8. The van der Waals surface area contributed by atoms with Crippen molar-refractivity contribution in [3.05, 3.63) is 66.5 Å². The molecule has 0 bridgehead atoms. The quantitative estimate of drug-likeness (QED) is 0.302. The maximum absolute atomic E-state index is 10.1. The number of aromatic nitrogens is 2. The summed E-state index contributed by atoms with van der Waals surface area (Å²) in [5.74, 6) is 7.29. The molecule has 9 heteroatoms. The molecule has 2 saturated heterocycles. The summed E-state index contributed by atoms with van der Waals surface area (Å²) in [6, 6.07) is 18.0. The van der Waals surface area contributed by atoms with Gasteiger partial charge >= 0.3 is 0 Å². The van der Waals surface area contributed by atoms with Gasteiger partial charge in [0.2, 0.25) is 0 Å². The van der Waals surface area contributed by atoms with Gasteiger partial charge in [0, 0.05) is 50.6 Å². The number of nitrogens with zero attached hydrogens (tertiary/aromatic N) is 4. The molecule has 1 unspecified atom stereocenters. The Bertz CT molecular complexity index is 1330. The van der Waals surface area contributed by atoms with Crippen molar-refractivity contribution in [3.63, 3.8) is 0 Å². The van der Waals surface area contributed by atoms with Gasteiger partial charge in [0.15, 0.2) is 0 Å². The van der Waals surface area contributed by atoms with Gasteiger partial charge < -0.3 is 23.6 Å². The summed E-state index contributed by atoms with van der Waals surface area (Å²) in [7, 11) is -1.41. The monoisotopic (exact) mass is 555 g/mol.